The van der Waals surface area contributed by atoms with Crippen molar-refractivity contribution < 1.29 is 14.7 Å². The van der Waals surface area contributed by atoms with Crippen molar-refractivity contribution in [2.45, 2.75) is 6.42 Å². The Bertz CT molecular complexity index is 286. The largest absolute Gasteiger partial charge is 0.465 e. The van der Waals surface area contributed by atoms with Gasteiger partial charge in [-0.3, -0.25) is 4.79 Å². The summed E-state index contributed by atoms with van der Waals surface area (Å²) in [6.07, 6.45) is 2.88. The predicted octanol–water partition coefficient (Wildman–Crippen LogP) is 0.631. The van der Waals surface area contributed by atoms with Gasteiger partial charge in [0.15, 0.2) is 5.78 Å². The smallest absolute Gasteiger partial charge is 0.407 e. The Morgan fingerprint density at radius 1 is 1.47 bits per heavy atom. The standard InChI is InChI=1S/C10H16N2O3/c1-11(2)5-4-9(13)8-3-6-12(7-8)10(14)15/h4-5,8H,3,6-7H2,1-2H3,(H,14,15)/b5-4+. The zero-order valence-corrected chi connectivity index (χ0v) is 9.01. The summed E-state index contributed by atoms with van der Waals surface area (Å²) in [6, 6.07) is 0. The predicted molar refractivity (Wildman–Crippen MR) is 55.5 cm³/mol. The quantitative estimate of drug-likeness (QED) is 0.697. The lowest BCUT2D eigenvalue weighted by Crippen LogP contribution is -2.27. The average molecular weight is 212 g/mol. The van der Waals surface area contributed by atoms with Gasteiger partial charge in [0.1, 0.15) is 0 Å². The van der Waals surface area contributed by atoms with Crippen LogP contribution in [0.4, 0.5) is 4.79 Å². The van der Waals surface area contributed by atoms with Crippen LogP contribution in [0.5, 0.6) is 0 Å². The topological polar surface area (TPSA) is 60.9 Å². The Morgan fingerprint density at radius 3 is 2.60 bits per heavy atom. The molecule has 1 heterocycles. The average Bonchev–Trinajstić information content (AvgIpc) is 2.62. The fraction of sp³-hybridized carbons (Fsp3) is 0.600. The first-order chi connectivity index (χ1) is 7.00. The molecule has 0 bridgehead atoms. The van der Waals surface area contributed by atoms with Gasteiger partial charge < -0.3 is 14.9 Å². The third kappa shape index (κ3) is 3.27. The fourth-order valence-electron chi connectivity index (χ4n) is 1.52. The van der Waals surface area contributed by atoms with Crippen LogP contribution < -0.4 is 0 Å². The van der Waals surface area contributed by atoms with Gasteiger partial charge in [0, 0.05) is 39.3 Å². The molecule has 5 heteroatoms. The molecular weight excluding hydrogens is 196 g/mol. The highest BCUT2D eigenvalue weighted by atomic mass is 16.4. The Hall–Kier alpha value is -1.52. The second kappa shape index (κ2) is 4.82. The third-order valence-electron chi connectivity index (χ3n) is 2.40. The van der Waals surface area contributed by atoms with Crippen LogP contribution in [0.15, 0.2) is 12.3 Å². The Morgan fingerprint density at radius 2 is 2.13 bits per heavy atom. The number of nitrogens with zero attached hydrogens (tertiary/aromatic N) is 2. The Labute approximate surface area is 89.0 Å². The molecule has 1 aliphatic rings. The highest BCUT2D eigenvalue weighted by molar-refractivity contribution is 5.92. The molecule has 1 N–H and O–H groups in total. The monoisotopic (exact) mass is 212 g/mol. The van der Waals surface area contributed by atoms with Crippen molar-refractivity contribution in [3.05, 3.63) is 12.3 Å². The lowest BCUT2D eigenvalue weighted by atomic mass is 10.0. The van der Waals surface area contributed by atoms with E-state index < -0.39 is 6.09 Å². The summed E-state index contributed by atoms with van der Waals surface area (Å²) in [5, 5.41) is 8.72. The number of ketones is 1. The molecule has 0 spiro atoms. The lowest BCUT2D eigenvalue weighted by molar-refractivity contribution is -0.117. The van der Waals surface area contributed by atoms with E-state index in [-0.39, 0.29) is 11.7 Å². The van der Waals surface area contributed by atoms with E-state index in [1.165, 1.54) is 11.0 Å². The van der Waals surface area contributed by atoms with Crippen LogP contribution in [-0.2, 0) is 4.79 Å². The molecule has 0 radical (unpaired) electrons. The third-order valence-corrected chi connectivity index (χ3v) is 2.40. The number of hydrogen-bond donors (Lipinski definition) is 1. The number of carbonyl (C=O) groups is 2. The molecule has 0 aliphatic carbocycles. The summed E-state index contributed by atoms with van der Waals surface area (Å²) >= 11 is 0. The molecule has 1 atom stereocenters. The van der Waals surface area contributed by atoms with Crippen LogP contribution in [0.2, 0.25) is 0 Å². The van der Waals surface area contributed by atoms with E-state index in [0.717, 1.165) is 0 Å². The van der Waals surface area contributed by atoms with Gasteiger partial charge in [-0.15, -0.1) is 0 Å². The van der Waals surface area contributed by atoms with Gasteiger partial charge in [-0.05, 0) is 12.5 Å². The van der Waals surface area contributed by atoms with Gasteiger partial charge in [0.25, 0.3) is 0 Å². The van der Waals surface area contributed by atoms with Crippen LogP contribution in [0.1, 0.15) is 6.42 Å². The molecule has 1 aliphatic heterocycles. The van der Waals surface area contributed by atoms with E-state index >= 15 is 0 Å². The molecule has 0 aromatic carbocycles. The minimum atomic E-state index is -0.943. The minimum Gasteiger partial charge on any atom is -0.465 e. The van der Waals surface area contributed by atoms with Crippen molar-refractivity contribution in [1.29, 1.82) is 0 Å². The Balaban J connectivity index is 2.47. The van der Waals surface area contributed by atoms with Gasteiger partial charge >= 0.3 is 6.09 Å². The summed E-state index contributed by atoms with van der Waals surface area (Å²) < 4.78 is 0. The molecule has 1 unspecified atom stereocenters. The molecule has 15 heavy (non-hydrogen) atoms. The number of rotatable bonds is 3. The molecule has 5 nitrogen and oxygen atoms in total. The SMILES string of the molecule is CN(C)/C=C/C(=O)C1CCN(C(=O)O)C1. The van der Waals surface area contributed by atoms with Crippen molar-refractivity contribution in [1.82, 2.24) is 9.80 Å². The molecule has 0 aromatic heterocycles. The van der Waals surface area contributed by atoms with Crippen LogP contribution in [-0.4, -0.2) is 54.0 Å². The number of amides is 1. The molecule has 0 aromatic rings. The normalized spacial score (nSPS) is 20.9. The van der Waals surface area contributed by atoms with Crippen molar-refractivity contribution in [3.8, 4) is 0 Å². The van der Waals surface area contributed by atoms with Crippen molar-refractivity contribution in [2.75, 3.05) is 27.2 Å². The highest BCUT2D eigenvalue weighted by Gasteiger charge is 2.29. The van der Waals surface area contributed by atoms with Crippen LogP contribution in [0, 0.1) is 5.92 Å². The molecule has 84 valence electrons. The number of hydrogen-bond acceptors (Lipinski definition) is 3. The van der Waals surface area contributed by atoms with Gasteiger partial charge in [0.05, 0.1) is 0 Å². The first-order valence-corrected chi connectivity index (χ1v) is 4.87. The maximum Gasteiger partial charge on any atom is 0.407 e. The fourth-order valence-corrected chi connectivity index (χ4v) is 1.52. The zero-order chi connectivity index (χ0) is 11.4. The van der Waals surface area contributed by atoms with Crippen molar-refractivity contribution >= 4 is 11.9 Å². The summed E-state index contributed by atoms with van der Waals surface area (Å²) in [4.78, 5) is 25.3. The lowest BCUT2D eigenvalue weighted by Gasteiger charge is -2.10. The van der Waals surface area contributed by atoms with E-state index in [9.17, 15) is 9.59 Å². The summed E-state index contributed by atoms with van der Waals surface area (Å²) in [7, 11) is 3.67. The van der Waals surface area contributed by atoms with Crippen LogP contribution in [0.25, 0.3) is 0 Å². The van der Waals surface area contributed by atoms with E-state index in [0.29, 0.717) is 19.5 Å². The maximum atomic E-state index is 11.6. The van der Waals surface area contributed by atoms with E-state index in [2.05, 4.69) is 0 Å². The van der Waals surface area contributed by atoms with Gasteiger partial charge in [-0.25, -0.2) is 4.79 Å². The van der Waals surface area contributed by atoms with E-state index in [4.69, 9.17) is 5.11 Å². The minimum absolute atomic E-state index is 0.00690. The second-order valence-electron chi connectivity index (χ2n) is 3.90. The van der Waals surface area contributed by atoms with Gasteiger partial charge in [0.2, 0.25) is 0 Å². The maximum absolute atomic E-state index is 11.6. The molecule has 1 amide bonds. The summed E-state index contributed by atoms with van der Waals surface area (Å²) in [5.41, 5.74) is 0. The van der Waals surface area contributed by atoms with Crippen LogP contribution >= 0.6 is 0 Å². The first-order valence-electron chi connectivity index (χ1n) is 4.87. The second-order valence-corrected chi connectivity index (χ2v) is 3.90. The van der Waals surface area contributed by atoms with Gasteiger partial charge in [-0.2, -0.15) is 0 Å². The molecule has 1 fully saturated rings. The number of likely N-dealkylation sites (tertiary alicyclic amines) is 1. The zero-order valence-electron chi connectivity index (χ0n) is 9.01. The first kappa shape index (κ1) is 11.6. The Kier molecular flexibility index (Phi) is 3.71. The number of carbonyl (C=O) groups excluding carboxylic acids is 1. The highest BCUT2D eigenvalue weighted by Crippen LogP contribution is 2.17. The number of carboxylic acid groups (broad SMARTS) is 1. The summed E-state index contributed by atoms with van der Waals surface area (Å²) in [5.74, 6) is -0.162. The number of allylic oxidation sites excluding steroid dienone is 1. The van der Waals surface area contributed by atoms with Gasteiger partial charge in [-0.1, -0.05) is 0 Å². The van der Waals surface area contributed by atoms with Crippen molar-refractivity contribution in [2.24, 2.45) is 5.92 Å². The molecule has 1 saturated heterocycles. The van der Waals surface area contributed by atoms with Crippen LogP contribution in [0.3, 0.4) is 0 Å². The molecule has 0 saturated carbocycles. The molecule has 1 rings (SSSR count). The molecular formula is C10H16N2O3. The van der Waals surface area contributed by atoms with E-state index in [1.54, 1.807) is 11.1 Å². The van der Waals surface area contributed by atoms with Crippen molar-refractivity contribution in [3.63, 3.8) is 0 Å². The summed E-state index contributed by atoms with van der Waals surface area (Å²) in [6.45, 7) is 0.785. The van der Waals surface area contributed by atoms with E-state index in [1.807, 2.05) is 14.1 Å².